The van der Waals surface area contributed by atoms with Crippen molar-refractivity contribution in [3.8, 4) is 28.2 Å². The molecule has 3 aromatic heterocycles. The van der Waals surface area contributed by atoms with E-state index in [1.54, 1.807) is 31.6 Å². The van der Waals surface area contributed by atoms with Gasteiger partial charge in [-0.25, -0.2) is 4.98 Å². The van der Waals surface area contributed by atoms with Gasteiger partial charge < -0.3 is 13.8 Å². The second-order valence-corrected chi connectivity index (χ2v) is 7.86. The van der Waals surface area contributed by atoms with Crippen LogP contribution >= 0.6 is 0 Å². The summed E-state index contributed by atoms with van der Waals surface area (Å²) in [5, 5.41) is 15.5. The minimum absolute atomic E-state index is 0.00688. The fraction of sp³-hybridized carbons (Fsp3) is 0.115. The van der Waals surface area contributed by atoms with Crippen molar-refractivity contribution in [2.24, 2.45) is 0 Å². The number of pyridine rings is 1. The van der Waals surface area contributed by atoms with E-state index in [4.69, 9.17) is 14.2 Å². The van der Waals surface area contributed by atoms with Gasteiger partial charge in [0.25, 0.3) is 5.69 Å². The van der Waals surface area contributed by atoms with Gasteiger partial charge in [-0.05, 0) is 25.1 Å². The summed E-state index contributed by atoms with van der Waals surface area (Å²) in [4.78, 5) is 19.9. The van der Waals surface area contributed by atoms with Crippen LogP contribution < -0.4 is 0 Å². The number of nitro groups is 1. The van der Waals surface area contributed by atoms with E-state index in [9.17, 15) is 10.1 Å². The smallest absolute Gasteiger partial charge is 0.269 e. The third-order valence-corrected chi connectivity index (χ3v) is 5.70. The zero-order valence-electron chi connectivity index (χ0n) is 19.0. The van der Waals surface area contributed by atoms with Crippen LogP contribution in [-0.4, -0.2) is 31.7 Å². The molecule has 0 aliphatic rings. The van der Waals surface area contributed by atoms with Crippen LogP contribution in [0.4, 0.5) is 5.69 Å². The summed E-state index contributed by atoms with van der Waals surface area (Å²) in [6.07, 6.45) is 4.75. The molecule has 0 aliphatic heterocycles. The Hall–Kier alpha value is -4.63. The Labute approximate surface area is 200 Å². The third-order valence-electron chi connectivity index (χ3n) is 5.70. The predicted octanol–water partition coefficient (Wildman–Crippen LogP) is 5.54. The Balaban J connectivity index is 1.70. The molecule has 174 valence electrons. The Bertz CT molecular complexity index is 1460. The maximum absolute atomic E-state index is 11.2. The summed E-state index contributed by atoms with van der Waals surface area (Å²) in [7, 11) is 1.60. The van der Waals surface area contributed by atoms with Crippen molar-refractivity contribution in [3.63, 3.8) is 0 Å². The van der Waals surface area contributed by atoms with E-state index in [0.29, 0.717) is 28.7 Å². The fourth-order valence-electron chi connectivity index (χ4n) is 4.03. The van der Waals surface area contributed by atoms with Gasteiger partial charge in [0.2, 0.25) is 0 Å². The Morgan fingerprint density at radius 1 is 1.06 bits per heavy atom. The fourth-order valence-corrected chi connectivity index (χ4v) is 4.03. The van der Waals surface area contributed by atoms with Crippen LogP contribution in [0, 0.1) is 17.0 Å². The summed E-state index contributed by atoms with van der Waals surface area (Å²) in [6.45, 7) is 1.84. The molecule has 5 rings (SSSR count). The summed E-state index contributed by atoms with van der Waals surface area (Å²) in [5.41, 5.74) is 4.51. The number of rotatable bonds is 7. The summed E-state index contributed by atoms with van der Waals surface area (Å²) in [6, 6.07) is 19.8. The lowest BCUT2D eigenvalue weighted by Gasteiger charge is -2.17. The van der Waals surface area contributed by atoms with E-state index in [1.165, 1.54) is 12.1 Å². The average Bonchev–Trinajstić information content (AvgIpc) is 3.49. The van der Waals surface area contributed by atoms with Gasteiger partial charge in [0.05, 0.1) is 16.2 Å². The van der Waals surface area contributed by atoms with Crippen molar-refractivity contribution in [1.82, 2.24) is 19.7 Å². The SMILES string of the molecule is COC(c1cccnc1)c1nc(-c2c(-c3ccccc3)noc2C)cn1-c1ccc([N+](=O)[O-])cc1. The summed E-state index contributed by atoms with van der Waals surface area (Å²) in [5.74, 6) is 1.21. The average molecular weight is 467 g/mol. The van der Waals surface area contributed by atoms with Crippen LogP contribution in [0.1, 0.15) is 23.3 Å². The normalized spacial score (nSPS) is 11.9. The number of methoxy groups -OCH3 is 1. The number of aromatic nitrogens is 4. The highest BCUT2D eigenvalue weighted by atomic mass is 16.6. The van der Waals surface area contributed by atoms with Crippen molar-refractivity contribution >= 4 is 5.69 Å². The Morgan fingerprint density at radius 3 is 2.49 bits per heavy atom. The number of non-ortho nitro benzene ring substituents is 1. The number of hydrogen-bond donors (Lipinski definition) is 0. The molecule has 0 amide bonds. The minimum Gasteiger partial charge on any atom is -0.369 e. The quantitative estimate of drug-likeness (QED) is 0.228. The van der Waals surface area contributed by atoms with Gasteiger partial charge in [0.15, 0.2) is 0 Å². The third kappa shape index (κ3) is 4.20. The lowest BCUT2D eigenvalue weighted by Crippen LogP contribution is -2.11. The first kappa shape index (κ1) is 22.2. The van der Waals surface area contributed by atoms with E-state index in [1.807, 2.05) is 60.2 Å². The standard InChI is InChI=1S/C26H21N5O4/c1-17-23(24(29-35-17)18-7-4-3-5-8-18)22-16-30(20-10-12-21(13-11-20)31(32)33)26(28-22)25(34-2)19-9-6-14-27-15-19/h3-16,25H,1-2H3. The van der Waals surface area contributed by atoms with Crippen LogP contribution in [0.2, 0.25) is 0 Å². The van der Waals surface area contributed by atoms with Gasteiger partial charge in [-0.2, -0.15) is 0 Å². The predicted molar refractivity (Wildman–Crippen MR) is 129 cm³/mol. The van der Waals surface area contributed by atoms with Crippen LogP contribution in [0.15, 0.2) is 89.8 Å². The minimum atomic E-state index is -0.534. The first-order valence-electron chi connectivity index (χ1n) is 10.9. The molecule has 1 atom stereocenters. The first-order valence-corrected chi connectivity index (χ1v) is 10.9. The molecule has 1 unspecified atom stereocenters. The Kier molecular flexibility index (Phi) is 5.90. The summed E-state index contributed by atoms with van der Waals surface area (Å²) < 4.78 is 13.3. The van der Waals surface area contributed by atoms with Crippen molar-refractivity contribution in [3.05, 3.63) is 113 Å². The molecule has 9 nitrogen and oxygen atoms in total. The molecule has 0 saturated carbocycles. The van der Waals surface area contributed by atoms with Crippen molar-refractivity contribution < 1.29 is 14.2 Å². The molecule has 0 fully saturated rings. The molecular weight excluding hydrogens is 446 g/mol. The Morgan fingerprint density at radius 2 is 1.83 bits per heavy atom. The molecule has 3 heterocycles. The topological polar surface area (TPSA) is 109 Å². The molecule has 9 heteroatoms. The highest BCUT2D eigenvalue weighted by Gasteiger charge is 2.26. The molecule has 0 spiro atoms. The number of ether oxygens (including phenoxy) is 1. The monoisotopic (exact) mass is 467 g/mol. The van der Waals surface area contributed by atoms with Gasteiger partial charge >= 0.3 is 0 Å². The van der Waals surface area contributed by atoms with E-state index in [0.717, 1.165) is 16.7 Å². The number of hydrogen-bond acceptors (Lipinski definition) is 7. The maximum Gasteiger partial charge on any atom is 0.269 e. The number of imidazole rings is 1. The van der Waals surface area contributed by atoms with E-state index in [-0.39, 0.29) is 5.69 Å². The van der Waals surface area contributed by atoms with Gasteiger partial charge in [0.1, 0.15) is 23.4 Å². The van der Waals surface area contributed by atoms with Gasteiger partial charge in [-0.1, -0.05) is 41.6 Å². The molecule has 0 N–H and O–H groups in total. The van der Waals surface area contributed by atoms with Crippen LogP contribution in [0.3, 0.4) is 0 Å². The van der Waals surface area contributed by atoms with Crippen LogP contribution in [0.5, 0.6) is 0 Å². The number of nitrogens with zero attached hydrogens (tertiary/aromatic N) is 5. The molecular formula is C26H21N5O4. The number of aryl methyl sites for hydroxylation is 1. The van der Waals surface area contributed by atoms with Crippen molar-refractivity contribution in [2.45, 2.75) is 13.0 Å². The maximum atomic E-state index is 11.2. The number of benzene rings is 2. The zero-order chi connectivity index (χ0) is 24.4. The van der Waals surface area contributed by atoms with Crippen molar-refractivity contribution in [1.29, 1.82) is 0 Å². The lowest BCUT2D eigenvalue weighted by atomic mass is 10.0. The van der Waals surface area contributed by atoms with Gasteiger partial charge in [-0.15, -0.1) is 0 Å². The molecule has 35 heavy (non-hydrogen) atoms. The highest BCUT2D eigenvalue weighted by Crippen LogP contribution is 2.36. The molecule has 0 aliphatic carbocycles. The zero-order valence-corrected chi connectivity index (χ0v) is 19.0. The van der Waals surface area contributed by atoms with E-state index < -0.39 is 11.0 Å². The lowest BCUT2D eigenvalue weighted by molar-refractivity contribution is -0.384. The summed E-state index contributed by atoms with van der Waals surface area (Å²) >= 11 is 0. The molecule has 0 saturated heterocycles. The van der Waals surface area contributed by atoms with Gasteiger partial charge in [0, 0.05) is 54.6 Å². The molecule has 2 aromatic carbocycles. The first-order chi connectivity index (χ1) is 17.1. The largest absolute Gasteiger partial charge is 0.369 e. The van der Waals surface area contributed by atoms with Crippen molar-refractivity contribution in [2.75, 3.05) is 7.11 Å². The van der Waals surface area contributed by atoms with Crippen LogP contribution in [0.25, 0.3) is 28.2 Å². The van der Waals surface area contributed by atoms with E-state index >= 15 is 0 Å². The second-order valence-electron chi connectivity index (χ2n) is 7.86. The highest BCUT2D eigenvalue weighted by molar-refractivity contribution is 5.80. The molecule has 5 aromatic rings. The molecule has 0 radical (unpaired) electrons. The van der Waals surface area contributed by atoms with Gasteiger partial charge in [-0.3, -0.25) is 15.1 Å². The second kappa shape index (κ2) is 9.32. The molecule has 0 bridgehead atoms. The van der Waals surface area contributed by atoms with E-state index in [2.05, 4.69) is 10.1 Å². The number of nitro benzene ring substituents is 1. The van der Waals surface area contributed by atoms with Crippen LogP contribution in [-0.2, 0) is 4.74 Å².